The summed E-state index contributed by atoms with van der Waals surface area (Å²) in [5.41, 5.74) is -1.00. The van der Waals surface area contributed by atoms with E-state index in [4.69, 9.17) is 17.9 Å². The molecular formula is C29H29F7N6O2. The van der Waals surface area contributed by atoms with Gasteiger partial charge in [-0.3, -0.25) is 9.88 Å². The lowest BCUT2D eigenvalue weighted by Gasteiger charge is -2.31. The number of hydrogen-bond donors (Lipinski definition) is 1. The molecule has 2 N–H and O–H groups in total. The summed E-state index contributed by atoms with van der Waals surface area (Å²) in [5, 5.41) is -0.111. The van der Waals surface area contributed by atoms with Gasteiger partial charge in [-0.15, -0.1) is 0 Å². The smallest absolute Gasteiger partial charge is 0.417 e. The standard InChI is InChI=1S/C29H29F7N6O2/c1-13-19(29(34,35)36)15(7-18(37)20(13)31)23-22(33)24-16(9-38-23)26(42-5-6-43-11-17-21(32)25(17)42)40-27(39-24)44-12-28-3-2-4-41(28)10-14(30)8-28/h7,9,14,17,21,25H,2-6,8,10-12,37H2,1H3/t14-,17+,21+,25+,28+/m1/s1/i12D2. The molecule has 0 radical (unpaired) electrons. The van der Waals surface area contributed by atoms with Crippen molar-refractivity contribution in [1.29, 1.82) is 0 Å². The van der Waals surface area contributed by atoms with Crippen LogP contribution >= 0.6 is 0 Å². The Morgan fingerprint density at radius 3 is 2.77 bits per heavy atom. The highest BCUT2D eigenvalue weighted by molar-refractivity contribution is 5.93. The summed E-state index contributed by atoms with van der Waals surface area (Å²) in [7, 11) is 0. The van der Waals surface area contributed by atoms with Crippen molar-refractivity contribution in [3.63, 3.8) is 0 Å². The maximum Gasteiger partial charge on any atom is 0.417 e. The van der Waals surface area contributed by atoms with Gasteiger partial charge in [-0.25, -0.2) is 17.6 Å². The quantitative estimate of drug-likeness (QED) is 0.312. The summed E-state index contributed by atoms with van der Waals surface area (Å²) in [4.78, 5) is 15.6. The molecule has 15 heteroatoms. The largest absolute Gasteiger partial charge is 0.461 e. The second kappa shape index (κ2) is 10.3. The first-order valence-electron chi connectivity index (χ1n) is 15.2. The van der Waals surface area contributed by atoms with E-state index in [1.165, 1.54) is 4.90 Å². The zero-order chi connectivity index (χ0) is 32.9. The van der Waals surface area contributed by atoms with Crippen LogP contribution in [-0.2, 0) is 10.9 Å². The van der Waals surface area contributed by atoms with Crippen LogP contribution in [0.4, 0.5) is 42.2 Å². The normalized spacial score (nSPS) is 29.7. The van der Waals surface area contributed by atoms with Crippen molar-refractivity contribution in [2.24, 2.45) is 5.92 Å². The molecule has 7 rings (SSSR count). The molecule has 44 heavy (non-hydrogen) atoms. The number of hydrogen-bond acceptors (Lipinski definition) is 8. The van der Waals surface area contributed by atoms with Crippen LogP contribution < -0.4 is 15.4 Å². The highest BCUT2D eigenvalue weighted by atomic mass is 19.4. The number of alkyl halides is 5. The predicted molar refractivity (Wildman–Crippen MR) is 146 cm³/mol. The minimum absolute atomic E-state index is 0.00679. The van der Waals surface area contributed by atoms with Crippen molar-refractivity contribution < 1.29 is 42.9 Å². The number of fused-ring (bicyclic) bond motifs is 3. The number of halogens is 7. The van der Waals surface area contributed by atoms with Gasteiger partial charge < -0.3 is 20.1 Å². The lowest BCUT2D eigenvalue weighted by Crippen LogP contribution is -2.43. The van der Waals surface area contributed by atoms with Gasteiger partial charge in [-0.05, 0) is 37.9 Å². The molecule has 0 spiro atoms. The zero-order valence-corrected chi connectivity index (χ0v) is 23.4. The third-order valence-electron chi connectivity index (χ3n) is 9.09. The third kappa shape index (κ3) is 4.61. The summed E-state index contributed by atoms with van der Waals surface area (Å²) in [6.45, 7) is -0.905. The first kappa shape index (κ1) is 26.9. The van der Waals surface area contributed by atoms with Gasteiger partial charge in [0.1, 0.15) is 41.7 Å². The average Bonchev–Trinajstić information content (AvgIpc) is 3.33. The predicted octanol–water partition coefficient (Wildman–Crippen LogP) is 5.01. The minimum Gasteiger partial charge on any atom is -0.461 e. The van der Waals surface area contributed by atoms with Gasteiger partial charge in [-0.2, -0.15) is 23.1 Å². The molecule has 1 aromatic carbocycles. The Kier molecular flexibility index (Phi) is 6.29. The molecular weight excluding hydrogens is 597 g/mol. The summed E-state index contributed by atoms with van der Waals surface area (Å²) in [6.07, 6.45) is -6.03. The van der Waals surface area contributed by atoms with E-state index in [2.05, 4.69) is 15.0 Å². The second-order valence-corrected chi connectivity index (χ2v) is 11.8. The van der Waals surface area contributed by atoms with E-state index in [-0.39, 0.29) is 50.3 Å². The van der Waals surface area contributed by atoms with Gasteiger partial charge in [0, 0.05) is 37.2 Å². The Balaban J connectivity index is 1.41. The van der Waals surface area contributed by atoms with Gasteiger partial charge >= 0.3 is 12.2 Å². The number of rotatable bonds is 5. The van der Waals surface area contributed by atoms with Crippen molar-refractivity contribution >= 4 is 22.4 Å². The number of benzene rings is 1. The SMILES string of the molecule is [2H]C([2H])(Oc1nc(N2CCOC[C@H]3[C@H](F)[C@H]32)c2cnc(-c3cc(N)c(F)c(C)c3C(F)(F)F)c(F)c2n1)[C@@]12CCCN1C[C@H](F)C2. The van der Waals surface area contributed by atoms with E-state index in [1.807, 2.05) is 0 Å². The Morgan fingerprint density at radius 2 is 2.00 bits per heavy atom. The van der Waals surface area contributed by atoms with Gasteiger partial charge in [-0.1, -0.05) is 0 Å². The third-order valence-corrected chi connectivity index (χ3v) is 9.09. The molecule has 3 aliphatic heterocycles. The molecule has 236 valence electrons. The van der Waals surface area contributed by atoms with Crippen LogP contribution in [0.25, 0.3) is 22.2 Å². The van der Waals surface area contributed by atoms with E-state index in [0.29, 0.717) is 19.0 Å². The summed E-state index contributed by atoms with van der Waals surface area (Å²) in [6, 6.07) is -0.776. The molecule has 1 saturated carbocycles. The summed E-state index contributed by atoms with van der Waals surface area (Å²) >= 11 is 0. The fourth-order valence-corrected chi connectivity index (χ4v) is 6.93. The zero-order valence-electron chi connectivity index (χ0n) is 25.4. The number of ether oxygens (including phenoxy) is 2. The van der Waals surface area contributed by atoms with Gasteiger partial charge in [0.15, 0.2) is 5.82 Å². The van der Waals surface area contributed by atoms with Crippen LogP contribution in [0, 0.1) is 24.5 Å². The maximum atomic E-state index is 16.5. The van der Waals surface area contributed by atoms with E-state index >= 15 is 4.39 Å². The van der Waals surface area contributed by atoms with Crippen LogP contribution in [0.5, 0.6) is 6.01 Å². The molecule has 0 bridgehead atoms. The Morgan fingerprint density at radius 1 is 1.20 bits per heavy atom. The Bertz CT molecular complexity index is 1730. The maximum absolute atomic E-state index is 16.5. The van der Waals surface area contributed by atoms with E-state index < -0.39 is 93.8 Å². The van der Waals surface area contributed by atoms with E-state index in [1.54, 1.807) is 4.90 Å². The fourth-order valence-electron chi connectivity index (χ4n) is 6.93. The fraction of sp³-hybridized carbons (Fsp3) is 0.552. The molecule has 5 atom stereocenters. The van der Waals surface area contributed by atoms with Gasteiger partial charge in [0.05, 0.1) is 44.2 Å². The molecule has 0 unspecified atom stereocenters. The average molecular weight is 629 g/mol. The molecule has 3 saturated heterocycles. The first-order valence-corrected chi connectivity index (χ1v) is 14.2. The number of nitrogen functional groups attached to an aromatic ring is 1. The molecule has 3 aromatic rings. The topological polar surface area (TPSA) is 89.6 Å². The lowest BCUT2D eigenvalue weighted by molar-refractivity contribution is -0.137. The van der Waals surface area contributed by atoms with Crippen LogP contribution in [0.3, 0.4) is 0 Å². The number of anilines is 2. The van der Waals surface area contributed by atoms with Crippen LogP contribution in [0.15, 0.2) is 12.3 Å². The highest BCUT2D eigenvalue weighted by Crippen LogP contribution is 2.47. The van der Waals surface area contributed by atoms with Crippen molar-refractivity contribution in [1.82, 2.24) is 19.9 Å². The lowest BCUT2D eigenvalue weighted by atomic mass is 9.95. The Hall–Kier alpha value is -3.46. The van der Waals surface area contributed by atoms with Crippen LogP contribution in [0.2, 0.25) is 0 Å². The number of nitrogens with zero attached hydrogens (tertiary/aromatic N) is 5. The summed E-state index contributed by atoms with van der Waals surface area (Å²) in [5.74, 6) is -3.30. The monoisotopic (exact) mass is 628 g/mol. The van der Waals surface area contributed by atoms with Crippen molar-refractivity contribution in [3.8, 4) is 17.3 Å². The second-order valence-electron chi connectivity index (χ2n) is 11.8. The van der Waals surface area contributed by atoms with Gasteiger partial charge in [0.25, 0.3) is 0 Å². The molecule has 2 aromatic heterocycles. The first-order chi connectivity index (χ1) is 21.6. The van der Waals surface area contributed by atoms with Crippen molar-refractivity contribution in [3.05, 3.63) is 35.0 Å². The van der Waals surface area contributed by atoms with E-state index in [0.717, 1.165) is 13.1 Å². The number of pyridine rings is 1. The molecule has 0 amide bonds. The number of nitrogens with two attached hydrogens (primary N) is 1. The van der Waals surface area contributed by atoms with Crippen molar-refractivity contribution in [2.45, 2.75) is 56.3 Å². The number of aromatic nitrogens is 3. The molecule has 1 aliphatic carbocycles. The highest BCUT2D eigenvalue weighted by Gasteiger charge is 2.56. The summed E-state index contributed by atoms with van der Waals surface area (Å²) < 4.78 is 132. The van der Waals surface area contributed by atoms with Crippen LogP contribution in [-0.4, -0.2) is 83.2 Å². The van der Waals surface area contributed by atoms with Crippen LogP contribution in [0.1, 0.15) is 33.1 Å². The van der Waals surface area contributed by atoms with Gasteiger partial charge in [0.2, 0.25) is 0 Å². The molecule has 4 fully saturated rings. The molecule has 4 aliphatic rings. The Labute approximate surface area is 250 Å². The molecule has 5 heterocycles. The minimum atomic E-state index is -5.12. The van der Waals surface area contributed by atoms with Crippen molar-refractivity contribution in [2.75, 3.05) is 50.0 Å². The molecule has 8 nitrogen and oxygen atoms in total. The van der Waals surface area contributed by atoms with E-state index in [9.17, 15) is 26.3 Å².